The van der Waals surface area contributed by atoms with E-state index in [-0.39, 0.29) is 13.2 Å². The van der Waals surface area contributed by atoms with E-state index in [1.54, 1.807) is 0 Å². The molecule has 0 heterocycles. The zero-order valence-corrected chi connectivity index (χ0v) is 13.6. The molecule has 130 valence electrons. The molecule has 0 aliphatic heterocycles. The van der Waals surface area contributed by atoms with E-state index in [0.717, 1.165) is 39.5 Å². The van der Waals surface area contributed by atoms with Crippen molar-refractivity contribution in [2.45, 2.75) is 53.4 Å². The van der Waals surface area contributed by atoms with Gasteiger partial charge in [0.05, 0.1) is 13.2 Å². The maximum absolute atomic E-state index is 10.9. The minimum absolute atomic E-state index is 0.290. The summed E-state index contributed by atoms with van der Waals surface area (Å²) in [6, 6.07) is 0. The Morgan fingerprint density at radius 2 is 0.955 bits per heavy atom. The van der Waals surface area contributed by atoms with Crippen molar-refractivity contribution < 1.29 is 38.9 Å². The van der Waals surface area contributed by atoms with E-state index in [1.165, 1.54) is 0 Å². The second kappa shape index (κ2) is 18.9. The molecule has 0 aromatic heterocycles. The van der Waals surface area contributed by atoms with Crippen LogP contribution in [0, 0.1) is 0 Å². The quantitative estimate of drug-likeness (QED) is 0.431. The minimum Gasteiger partial charge on any atom is -0.481 e. The molecule has 0 amide bonds. The van der Waals surface area contributed by atoms with Gasteiger partial charge in [-0.15, -0.1) is 0 Å². The highest BCUT2D eigenvalue weighted by Crippen LogP contribution is 1.93. The monoisotopic (exact) mass is 322 g/mol. The average molecular weight is 322 g/mol. The lowest BCUT2D eigenvalue weighted by molar-refractivity contribution is -0.167. The van der Waals surface area contributed by atoms with Crippen LogP contribution in [0.5, 0.6) is 0 Å². The van der Waals surface area contributed by atoms with Crippen LogP contribution in [0.3, 0.4) is 0 Å². The molecule has 0 unspecified atom stereocenters. The summed E-state index contributed by atoms with van der Waals surface area (Å²) < 4.78 is 9.32. The Bertz CT molecular complexity index is 285. The van der Waals surface area contributed by atoms with Gasteiger partial charge in [-0.3, -0.25) is 9.59 Å². The number of carbonyl (C=O) groups is 4. The zero-order chi connectivity index (χ0) is 18.0. The van der Waals surface area contributed by atoms with Gasteiger partial charge in [0.15, 0.2) is 0 Å². The summed E-state index contributed by atoms with van der Waals surface area (Å²) in [5.74, 6) is -3.43. The van der Waals surface area contributed by atoms with E-state index in [4.69, 9.17) is 19.8 Å². The molecule has 0 atom stereocenters. The number of rotatable bonds is 6. The first-order chi connectivity index (χ1) is 10.2. The highest BCUT2D eigenvalue weighted by Gasteiger charge is 2.16. The lowest BCUT2D eigenvalue weighted by Gasteiger charge is -2.03. The van der Waals surface area contributed by atoms with Crippen molar-refractivity contribution in [3.63, 3.8) is 0 Å². The van der Waals surface area contributed by atoms with Gasteiger partial charge in [0.25, 0.3) is 11.9 Å². The predicted octanol–water partition coefficient (Wildman–Crippen LogP) is 1.85. The lowest BCUT2D eigenvalue weighted by Crippen LogP contribution is -2.21. The number of carboxylic acid groups (broad SMARTS) is 2. The standard InChI is InChI=1S/C10H18O4.2C2H4O2/c1-3-5-7-13-9(11)10(12)14-8-6-4-2;2*1-2(3)4/h3-8H2,1-2H3;2*1H3,(H,3,4). The number of hydrogen-bond donors (Lipinski definition) is 2. The molecule has 0 rings (SSSR count). The molecule has 0 radical (unpaired) electrons. The summed E-state index contributed by atoms with van der Waals surface area (Å²) in [5, 5.41) is 14.8. The lowest BCUT2D eigenvalue weighted by atomic mass is 10.4. The first-order valence-electron chi connectivity index (χ1n) is 6.91. The average Bonchev–Trinajstić information content (AvgIpc) is 2.37. The van der Waals surface area contributed by atoms with E-state index in [2.05, 4.69) is 9.47 Å². The molecule has 0 saturated heterocycles. The molecule has 0 aliphatic rings. The van der Waals surface area contributed by atoms with Crippen molar-refractivity contribution >= 4 is 23.9 Å². The second-order valence-corrected chi connectivity index (χ2v) is 4.02. The van der Waals surface area contributed by atoms with Crippen LogP contribution in [0.25, 0.3) is 0 Å². The maximum atomic E-state index is 10.9. The number of hydrogen-bond acceptors (Lipinski definition) is 6. The maximum Gasteiger partial charge on any atom is 0.417 e. The van der Waals surface area contributed by atoms with Crippen molar-refractivity contribution in [3.05, 3.63) is 0 Å². The van der Waals surface area contributed by atoms with Gasteiger partial charge in [0.2, 0.25) is 0 Å². The first kappa shape index (κ1) is 24.9. The van der Waals surface area contributed by atoms with Crippen molar-refractivity contribution in [3.8, 4) is 0 Å². The molecule has 0 bridgehead atoms. The number of esters is 2. The van der Waals surface area contributed by atoms with Gasteiger partial charge in [-0.05, 0) is 12.8 Å². The van der Waals surface area contributed by atoms with Gasteiger partial charge in [-0.2, -0.15) is 0 Å². The number of carbonyl (C=O) groups excluding carboxylic acids is 2. The van der Waals surface area contributed by atoms with E-state index >= 15 is 0 Å². The number of unbranched alkanes of at least 4 members (excludes halogenated alkanes) is 2. The molecular weight excluding hydrogens is 296 g/mol. The molecule has 0 fully saturated rings. The Balaban J connectivity index is -0.000000372. The van der Waals surface area contributed by atoms with E-state index in [0.29, 0.717) is 0 Å². The van der Waals surface area contributed by atoms with Gasteiger partial charge in [-0.1, -0.05) is 26.7 Å². The third-order valence-electron chi connectivity index (χ3n) is 1.63. The molecule has 0 saturated carbocycles. The topological polar surface area (TPSA) is 127 Å². The van der Waals surface area contributed by atoms with Crippen molar-refractivity contribution in [2.75, 3.05) is 13.2 Å². The fourth-order valence-electron chi connectivity index (χ4n) is 0.736. The van der Waals surface area contributed by atoms with Crippen LogP contribution in [0.1, 0.15) is 53.4 Å². The Morgan fingerprint density at radius 3 is 1.14 bits per heavy atom. The molecule has 0 aliphatic carbocycles. The molecule has 8 heteroatoms. The largest absolute Gasteiger partial charge is 0.481 e. The number of aliphatic carboxylic acids is 2. The SMILES string of the molecule is CC(=O)O.CC(=O)O.CCCCOC(=O)C(=O)OCCCC. The second-order valence-electron chi connectivity index (χ2n) is 4.02. The van der Waals surface area contributed by atoms with E-state index in [1.807, 2.05) is 13.8 Å². The van der Waals surface area contributed by atoms with Gasteiger partial charge in [0.1, 0.15) is 0 Å². The van der Waals surface area contributed by atoms with Crippen molar-refractivity contribution in [1.29, 1.82) is 0 Å². The fraction of sp³-hybridized carbons (Fsp3) is 0.714. The van der Waals surface area contributed by atoms with E-state index < -0.39 is 23.9 Å². The molecule has 8 nitrogen and oxygen atoms in total. The van der Waals surface area contributed by atoms with Crippen molar-refractivity contribution in [1.82, 2.24) is 0 Å². The fourth-order valence-corrected chi connectivity index (χ4v) is 0.736. The third-order valence-corrected chi connectivity index (χ3v) is 1.63. The molecule has 0 spiro atoms. The van der Waals surface area contributed by atoms with Gasteiger partial charge < -0.3 is 19.7 Å². The van der Waals surface area contributed by atoms with E-state index in [9.17, 15) is 9.59 Å². The highest BCUT2D eigenvalue weighted by molar-refractivity contribution is 6.29. The van der Waals surface area contributed by atoms with Crippen LogP contribution in [-0.2, 0) is 28.7 Å². The molecular formula is C14H26O8. The summed E-state index contributed by atoms with van der Waals surface area (Å²) in [6.07, 6.45) is 3.40. The molecule has 2 N–H and O–H groups in total. The minimum atomic E-state index is -0.880. The number of ether oxygens (including phenoxy) is 2. The predicted molar refractivity (Wildman–Crippen MR) is 78.4 cm³/mol. The molecule has 0 aromatic carbocycles. The Kier molecular flexibility index (Phi) is 21.3. The third kappa shape index (κ3) is 36.1. The van der Waals surface area contributed by atoms with Crippen LogP contribution < -0.4 is 0 Å². The van der Waals surface area contributed by atoms with Crippen LogP contribution in [-0.4, -0.2) is 47.3 Å². The van der Waals surface area contributed by atoms with Gasteiger partial charge in [0, 0.05) is 13.8 Å². The normalized spacial score (nSPS) is 8.36. The van der Waals surface area contributed by atoms with Crippen molar-refractivity contribution in [2.24, 2.45) is 0 Å². The van der Waals surface area contributed by atoms with Crippen LogP contribution in [0.15, 0.2) is 0 Å². The Labute approximate surface area is 130 Å². The zero-order valence-electron chi connectivity index (χ0n) is 13.6. The highest BCUT2D eigenvalue weighted by atomic mass is 16.6. The summed E-state index contributed by atoms with van der Waals surface area (Å²) in [4.78, 5) is 39.8. The summed E-state index contributed by atoms with van der Waals surface area (Å²) in [5.41, 5.74) is 0. The smallest absolute Gasteiger partial charge is 0.417 e. The van der Waals surface area contributed by atoms with Gasteiger partial charge in [-0.25, -0.2) is 9.59 Å². The van der Waals surface area contributed by atoms with Crippen LogP contribution >= 0.6 is 0 Å². The summed E-state index contributed by atoms with van der Waals surface area (Å²) >= 11 is 0. The van der Waals surface area contributed by atoms with Crippen LogP contribution in [0.4, 0.5) is 0 Å². The Hall–Kier alpha value is -2.12. The summed E-state index contributed by atoms with van der Waals surface area (Å²) in [7, 11) is 0. The number of carboxylic acids is 2. The van der Waals surface area contributed by atoms with Gasteiger partial charge >= 0.3 is 11.9 Å². The Morgan fingerprint density at radius 1 is 0.727 bits per heavy atom. The summed E-state index contributed by atoms with van der Waals surface area (Å²) in [6.45, 7) is 6.71. The first-order valence-corrected chi connectivity index (χ1v) is 6.91. The molecule has 0 aromatic rings. The molecule has 22 heavy (non-hydrogen) atoms. The van der Waals surface area contributed by atoms with Crippen LogP contribution in [0.2, 0.25) is 0 Å².